The molecule has 2 aromatic heterocycles. The van der Waals surface area contributed by atoms with Crippen molar-refractivity contribution in [1.29, 1.82) is 0 Å². The van der Waals surface area contributed by atoms with Crippen molar-refractivity contribution < 1.29 is 9.53 Å². The van der Waals surface area contributed by atoms with Gasteiger partial charge in [0.05, 0.1) is 11.9 Å². The number of nitrogens with zero attached hydrogens (tertiary/aromatic N) is 3. The number of pyridine rings is 1. The van der Waals surface area contributed by atoms with E-state index in [-0.39, 0.29) is 5.91 Å². The normalized spacial score (nSPS) is 10.8. The van der Waals surface area contributed by atoms with E-state index in [0.717, 1.165) is 22.4 Å². The Balaban J connectivity index is 1.39. The summed E-state index contributed by atoms with van der Waals surface area (Å²) in [5, 5.41) is 10.9. The molecule has 0 bridgehead atoms. The quantitative estimate of drug-likeness (QED) is 0.366. The van der Waals surface area contributed by atoms with Crippen molar-refractivity contribution in [3.63, 3.8) is 0 Å². The molecule has 2 N–H and O–H groups in total. The Kier molecular flexibility index (Phi) is 5.91. The Bertz CT molecular complexity index is 1140. The van der Waals surface area contributed by atoms with Gasteiger partial charge in [0, 0.05) is 18.0 Å². The molecule has 0 saturated carbocycles. The summed E-state index contributed by atoms with van der Waals surface area (Å²) in [7, 11) is 0. The van der Waals surface area contributed by atoms with Crippen LogP contribution in [-0.2, 0) is 6.61 Å². The summed E-state index contributed by atoms with van der Waals surface area (Å²) in [6.45, 7) is 0.480. The van der Waals surface area contributed by atoms with E-state index < -0.39 is 0 Å². The summed E-state index contributed by atoms with van der Waals surface area (Å²) < 4.78 is 5.86. The van der Waals surface area contributed by atoms with Crippen molar-refractivity contribution in [3.05, 3.63) is 102 Å². The lowest BCUT2D eigenvalue weighted by Crippen LogP contribution is -2.17. The second-order valence-corrected chi connectivity index (χ2v) is 6.45. The monoisotopic (exact) mass is 397 g/mol. The van der Waals surface area contributed by atoms with Crippen LogP contribution in [0.5, 0.6) is 5.75 Å². The first-order valence-corrected chi connectivity index (χ1v) is 9.34. The van der Waals surface area contributed by atoms with Gasteiger partial charge in [-0.05, 0) is 41.5 Å². The molecule has 7 nitrogen and oxygen atoms in total. The molecule has 30 heavy (non-hydrogen) atoms. The summed E-state index contributed by atoms with van der Waals surface area (Å²) in [5.41, 5.74) is 6.20. The number of benzene rings is 2. The van der Waals surface area contributed by atoms with E-state index >= 15 is 0 Å². The van der Waals surface area contributed by atoms with Gasteiger partial charge in [-0.25, -0.2) is 5.43 Å². The van der Waals surface area contributed by atoms with Crippen molar-refractivity contribution >= 4 is 12.1 Å². The number of H-pyrrole nitrogens is 1. The van der Waals surface area contributed by atoms with E-state index in [9.17, 15) is 4.79 Å². The second kappa shape index (κ2) is 9.29. The molecular weight excluding hydrogens is 378 g/mol. The molecule has 0 aliphatic rings. The van der Waals surface area contributed by atoms with Crippen LogP contribution in [-0.4, -0.2) is 27.3 Å². The van der Waals surface area contributed by atoms with Crippen molar-refractivity contribution in [2.45, 2.75) is 6.61 Å². The number of nitrogens with one attached hydrogen (secondary N) is 2. The number of hydrogen-bond donors (Lipinski definition) is 2. The highest BCUT2D eigenvalue weighted by Gasteiger charge is 2.11. The zero-order valence-corrected chi connectivity index (χ0v) is 16.0. The predicted molar refractivity (Wildman–Crippen MR) is 114 cm³/mol. The first kappa shape index (κ1) is 19.1. The van der Waals surface area contributed by atoms with Gasteiger partial charge in [0.1, 0.15) is 18.1 Å². The molecule has 4 aromatic rings. The molecule has 0 unspecified atom stereocenters. The van der Waals surface area contributed by atoms with Crippen LogP contribution in [0.3, 0.4) is 0 Å². The van der Waals surface area contributed by atoms with E-state index in [4.69, 9.17) is 4.74 Å². The van der Waals surface area contributed by atoms with Gasteiger partial charge in [0.25, 0.3) is 5.91 Å². The molecule has 0 aliphatic heterocycles. The third-order valence-electron chi connectivity index (χ3n) is 4.29. The van der Waals surface area contributed by atoms with Gasteiger partial charge in [0.2, 0.25) is 0 Å². The summed E-state index contributed by atoms with van der Waals surface area (Å²) in [4.78, 5) is 16.2. The van der Waals surface area contributed by atoms with E-state index in [1.807, 2.05) is 54.6 Å². The van der Waals surface area contributed by atoms with Gasteiger partial charge in [0.15, 0.2) is 0 Å². The number of rotatable bonds is 7. The molecule has 2 aromatic carbocycles. The first-order valence-electron chi connectivity index (χ1n) is 9.34. The molecule has 0 aliphatic carbocycles. The molecule has 0 fully saturated rings. The summed E-state index contributed by atoms with van der Waals surface area (Å²) in [6.07, 6.45) is 4.86. The Morgan fingerprint density at radius 3 is 2.70 bits per heavy atom. The van der Waals surface area contributed by atoms with Crippen molar-refractivity contribution in [3.8, 4) is 17.0 Å². The Morgan fingerprint density at radius 2 is 1.87 bits per heavy atom. The van der Waals surface area contributed by atoms with Crippen LogP contribution in [0.4, 0.5) is 0 Å². The predicted octanol–water partition coefficient (Wildman–Crippen LogP) is 3.81. The van der Waals surface area contributed by atoms with Gasteiger partial charge in [-0.15, -0.1) is 0 Å². The lowest BCUT2D eigenvalue weighted by atomic mass is 10.1. The van der Waals surface area contributed by atoms with Crippen molar-refractivity contribution in [2.24, 2.45) is 5.10 Å². The molecule has 0 saturated heterocycles. The maximum atomic E-state index is 12.3. The first-order chi connectivity index (χ1) is 14.8. The highest BCUT2D eigenvalue weighted by Crippen LogP contribution is 2.23. The second-order valence-electron chi connectivity index (χ2n) is 6.45. The fourth-order valence-corrected chi connectivity index (χ4v) is 2.75. The van der Waals surface area contributed by atoms with E-state index in [0.29, 0.717) is 18.0 Å². The van der Waals surface area contributed by atoms with Crippen LogP contribution in [0.15, 0.2) is 90.3 Å². The van der Waals surface area contributed by atoms with Gasteiger partial charge in [-0.2, -0.15) is 10.2 Å². The van der Waals surface area contributed by atoms with Crippen LogP contribution in [0.2, 0.25) is 0 Å². The maximum absolute atomic E-state index is 12.3. The summed E-state index contributed by atoms with van der Waals surface area (Å²) in [6, 6.07) is 22.8. The highest BCUT2D eigenvalue weighted by atomic mass is 16.5. The Hall–Kier alpha value is -4.26. The lowest BCUT2D eigenvalue weighted by molar-refractivity contribution is 0.0950. The van der Waals surface area contributed by atoms with Gasteiger partial charge in [-0.1, -0.05) is 42.5 Å². The van der Waals surface area contributed by atoms with Crippen LogP contribution < -0.4 is 10.2 Å². The standard InChI is InChI=1S/C23H19N5O2/c29-23(28-25-15-17-9-11-24-12-10-17)22-14-21(26-27-22)19-7-4-8-20(13-19)30-16-18-5-2-1-3-6-18/h1-15H,16H2,(H,26,27)(H,28,29)/b25-15+. The summed E-state index contributed by atoms with van der Waals surface area (Å²) in [5.74, 6) is 0.350. The summed E-state index contributed by atoms with van der Waals surface area (Å²) >= 11 is 0. The van der Waals surface area contributed by atoms with Gasteiger partial charge < -0.3 is 4.74 Å². The molecule has 0 radical (unpaired) electrons. The molecule has 148 valence electrons. The number of aromatic amines is 1. The smallest absolute Gasteiger partial charge is 0.289 e. The van der Waals surface area contributed by atoms with E-state index in [2.05, 4.69) is 25.7 Å². The number of hydrazone groups is 1. The van der Waals surface area contributed by atoms with Crippen molar-refractivity contribution in [2.75, 3.05) is 0 Å². The maximum Gasteiger partial charge on any atom is 0.289 e. The number of aromatic nitrogens is 3. The Labute approximate surface area is 173 Å². The zero-order valence-electron chi connectivity index (χ0n) is 16.0. The van der Waals surface area contributed by atoms with E-state index in [1.165, 1.54) is 0 Å². The largest absolute Gasteiger partial charge is 0.489 e. The third-order valence-corrected chi connectivity index (χ3v) is 4.29. The molecule has 2 heterocycles. The van der Waals surface area contributed by atoms with Crippen LogP contribution in [0.1, 0.15) is 21.6 Å². The number of carbonyl (C=O) groups excluding carboxylic acids is 1. The van der Waals surface area contributed by atoms with E-state index in [1.54, 1.807) is 36.8 Å². The van der Waals surface area contributed by atoms with Crippen LogP contribution in [0.25, 0.3) is 11.3 Å². The fraction of sp³-hybridized carbons (Fsp3) is 0.0435. The fourth-order valence-electron chi connectivity index (χ4n) is 2.75. The third kappa shape index (κ3) is 4.96. The minimum Gasteiger partial charge on any atom is -0.489 e. The average molecular weight is 397 g/mol. The zero-order chi connectivity index (χ0) is 20.6. The van der Waals surface area contributed by atoms with Crippen LogP contribution in [0, 0.1) is 0 Å². The van der Waals surface area contributed by atoms with Crippen LogP contribution >= 0.6 is 0 Å². The van der Waals surface area contributed by atoms with Gasteiger partial charge >= 0.3 is 0 Å². The molecule has 7 heteroatoms. The minimum absolute atomic E-state index is 0.312. The van der Waals surface area contributed by atoms with Crippen molar-refractivity contribution in [1.82, 2.24) is 20.6 Å². The topological polar surface area (TPSA) is 92.3 Å². The number of carbonyl (C=O) groups is 1. The Morgan fingerprint density at radius 1 is 1.03 bits per heavy atom. The number of amides is 1. The molecule has 0 atom stereocenters. The molecule has 0 spiro atoms. The molecule has 4 rings (SSSR count). The average Bonchev–Trinajstić information content (AvgIpc) is 3.30. The minimum atomic E-state index is -0.379. The lowest BCUT2D eigenvalue weighted by Gasteiger charge is -2.07. The van der Waals surface area contributed by atoms with Gasteiger partial charge in [-0.3, -0.25) is 14.9 Å². The SMILES string of the molecule is O=C(N/N=C/c1ccncc1)c1cc(-c2cccc(OCc3ccccc3)c2)n[nH]1. The number of ether oxygens (including phenoxy) is 1. The highest BCUT2D eigenvalue weighted by molar-refractivity contribution is 5.94. The molecule has 1 amide bonds. The number of hydrogen-bond acceptors (Lipinski definition) is 5. The molecular formula is C23H19N5O2.